The molecule has 0 radical (unpaired) electrons. The number of aryl methyl sites for hydroxylation is 2. The smallest absolute Gasteiger partial charge is 0.337 e. The zero-order chi connectivity index (χ0) is 18.7. The van der Waals surface area contributed by atoms with Crippen molar-refractivity contribution in [3.8, 4) is 0 Å². The number of urea groups is 1. The minimum atomic E-state index is -4.51. The maximum atomic E-state index is 12.8. The molecule has 2 amide bonds. The number of anilines is 1. The van der Waals surface area contributed by atoms with Gasteiger partial charge in [0.1, 0.15) is 11.5 Å². The number of rotatable bonds is 4. The molecule has 0 spiro atoms. The first-order chi connectivity index (χ1) is 12.3. The summed E-state index contributed by atoms with van der Waals surface area (Å²) in [5.41, 5.74) is 2.45. The van der Waals surface area contributed by atoms with Gasteiger partial charge in [0.2, 0.25) is 0 Å². The highest BCUT2D eigenvalue weighted by Gasteiger charge is 2.33. The van der Waals surface area contributed by atoms with Gasteiger partial charge in [-0.15, -0.1) is 0 Å². The van der Waals surface area contributed by atoms with Crippen LogP contribution in [0.25, 0.3) is 0 Å². The van der Waals surface area contributed by atoms with E-state index in [0.717, 1.165) is 36.6 Å². The highest BCUT2D eigenvalue weighted by Crippen LogP contribution is 2.29. The van der Waals surface area contributed by atoms with Crippen molar-refractivity contribution in [3.63, 3.8) is 0 Å². The van der Waals surface area contributed by atoms with Crippen molar-refractivity contribution in [2.45, 2.75) is 38.8 Å². The first kappa shape index (κ1) is 18.2. The Bertz CT molecular complexity index is 821. The zero-order valence-corrected chi connectivity index (χ0v) is 14.3. The van der Waals surface area contributed by atoms with Gasteiger partial charge in [-0.2, -0.15) is 13.2 Å². The molecule has 1 aromatic carbocycles. The second-order valence-electron chi connectivity index (χ2n) is 6.24. The number of benzene rings is 1. The largest absolute Gasteiger partial charge is 0.433 e. The van der Waals surface area contributed by atoms with Gasteiger partial charge in [-0.05, 0) is 49.4 Å². The van der Waals surface area contributed by atoms with E-state index in [0.29, 0.717) is 0 Å². The van der Waals surface area contributed by atoms with Crippen LogP contribution in [0.1, 0.15) is 34.8 Å². The summed E-state index contributed by atoms with van der Waals surface area (Å²) in [5.74, 6) is 0.0539. The lowest BCUT2D eigenvalue weighted by atomic mass is 10.1. The van der Waals surface area contributed by atoms with Crippen LogP contribution >= 0.6 is 0 Å². The molecule has 0 saturated carbocycles. The summed E-state index contributed by atoms with van der Waals surface area (Å²) >= 11 is 0. The van der Waals surface area contributed by atoms with E-state index in [1.165, 1.54) is 12.5 Å². The number of hydrogen-bond acceptors (Lipinski definition) is 3. The van der Waals surface area contributed by atoms with Crippen LogP contribution in [-0.2, 0) is 25.4 Å². The first-order valence-corrected chi connectivity index (χ1v) is 8.40. The number of halogens is 3. The summed E-state index contributed by atoms with van der Waals surface area (Å²) in [5, 5.41) is 5.44. The number of carbonyl (C=O) groups excluding carboxylic acids is 1. The van der Waals surface area contributed by atoms with Gasteiger partial charge in [0.05, 0.1) is 0 Å². The molecular formula is C18H19F3N4O. The topological polar surface area (TPSA) is 66.9 Å². The summed E-state index contributed by atoms with van der Waals surface area (Å²) in [6, 6.07) is 6.31. The number of hydrogen-bond donors (Lipinski definition) is 2. The van der Waals surface area contributed by atoms with E-state index in [2.05, 4.69) is 26.7 Å². The Hall–Kier alpha value is -2.64. The Balaban J connectivity index is 1.56. The lowest BCUT2D eigenvalue weighted by molar-refractivity contribution is -0.141. The Morgan fingerprint density at radius 2 is 2.04 bits per heavy atom. The van der Waals surface area contributed by atoms with Crippen molar-refractivity contribution in [2.75, 3.05) is 11.9 Å². The third-order valence-electron chi connectivity index (χ3n) is 4.22. The molecule has 2 aromatic rings. The third kappa shape index (κ3) is 4.30. The van der Waals surface area contributed by atoms with Crippen LogP contribution in [0.2, 0.25) is 0 Å². The van der Waals surface area contributed by atoms with Crippen LogP contribution in [0.4, 0.5) is 23.7 Å². The lowest BCUT2D eigenvalue weighted by Gasteiger charge is -2.12. The summed E-state index contributed by atoms with van der Waals surface area (Å²) < 4.78 is 38.3. The predicted octanol–water partition coefficient (Wildman–Crippen LogP) is 3.66. The number of carbonyl (C=O) groups is 1. The monoisotopic (exact) mass is 364 g/mol. The van der Waals surface area contributed by atoms with Gasteiger partial charge < -0.3 is 10.6 Å². The molecule has 0 saturated heterocycles. The van der Waals surface area contributed by atoms with E-state index in [4.69, 9.17) is 0 Å². The standard InChI is InChI=1S/C18H19F3N4O/c1-11-10-15(18(19,20)21)25-16(23-11)8-9-22-17(26)24-14-7-3-5-12-4-2-6-13(12)14/h3,5,7,10H,2,4,6,8-9H2,1H3,(H2,22,24,26). The first-order valence-electron chi connectivity index (χ1n) is 8.40. The molecular weight excluding hydrogens is 345 g/mol. The molecule has 5 nitrogen and oxygen atoms in total. The molecule has 0 bridgehead atoms. The van der Waals surface area contributed by atoms with E-state index in [-0.39, 0.29) is 24.5 Å². The van der Waals surface area contributed by atoms with Crippen LogP contribution in [0, 0.1) is 6.92 Å². The highest BCUT2D eigenvalue weighted by atomic mass is 19.4. The summed E-state index contributed by atoms with van der Waals surface area (Å²) in [6.07, 6.45) is -1.38. The van der Waals surface area contributed by atoms with Crippen molar-refractivity contribution in [2.24, 2.45) is 0 Å². The quantitative estimate of drug-likeness (QED) is 0.870. The second kappa shape index (κ2) is 7.31. The van der Waals surface area contributed by atoms with Crippen LogP contribution in [0.5, 0.6) is 0 Å². The van der Waals surface area contributed by atoms with Gasteiger partial charge in [-0.25, -0.2) is 14.8 Å². The minimum Gasteiger partial charge on any atom is -0.337 e. The molecule has 138 valence electrons. The maximum Gasteiger partial charge on any atom is 0.433 e. The van der Waals surface area contributed by atoms with Gasteiger partial charge >= 0.3 is 12.2 Å². The van der Waals surface area contributed by atoms with E-state index in [9.17, 15) is 18.0 Å². The molecule has 0 unspecified atom stereocenters. The molecule has 3 rings (SSSR count). The van der Waals surface area contributed by atoms with Crippen molar-refractivity contribution in [1.82, 2.24) is 15.3 Å². The Morgan fingerprint density at radius 1 is 1.23 bits per heavy atom. The molecule has 26 heavy (non-hydrogen) atoms. The second-order valence-corrected chi connectivity index (χ2v) is 6.24. The maximum absolute atomic E-state index is 12.8. The van der Waals surface area contributed by atoms with E-state index in [1.807, 2.05) is 12.1 Å². The van der Waals surface area contributed by atoms with Gasteiger partial charge in [0.25, 0.3) is 0 Å². The van der Waals surface area contributed by atoms with Gasteiger partial charge in [0, 0.05) is 24.3 Å². The normalized spacial score (nSPS) is 13.4. The Morgan fingerprint density at radius 3 is 2.81 bits per heavy atom. The molecule has 0 atom stereocenters. The number of nitrogens with one attached hydrogen (secondary N) is 2. The van der Waals surface area contributed by atoms with Crippen LogP contribution in [-0.4, -0.2) is 22.5 Å². The van der Waals surface area contributed by atoms with Crippen molar-refractivity contribution < 1.29 is 18.0 Å². The fourth-order valence-corrected chi connectivity index (χ4v) is 3.08. The highest BCUT2D eigenvalue weighted by molar-refractivity contribution is 5.90. The average molecular weight is 364 g/mol. The Kier molecular flexibility index (Phi) is 5.11. The van der Waals surface area contributed by atoms with Gasteiger partial charge in [-0.1, -0.05) is 12.1 Å². The van der Waals surface area contributed by atoms with E-state index >= 15 is 0 Å². The van der Waals surface area contributed by atoms with Crippen LogP contribution in [0.15, 0.2) is 24.3 Å². The number of amides is 2. The summed E-state index contributed by atoms with van der Waals surface area (Å²) in [6.45, 7) is 1.62. The third-order valence-corrected chi connectivity index (χ3v) is 4.22. The average Bonchev–Trinajstić information content (AvgIpc) is 3.03. The fraction of sp³-hybridized carbons (Fsp3) is 0.389. The molecule has 1 aromatic heterocycles. The SMILES string of the molecule is Cc1cc(C(F)(F)F)nc(CCNC(=O)Nc2cccc3c2CCC3)n1. The van der Waals surface area contributed by atoms with Crippen molar-refractivity contribution in [1.29, 1.82) is 0 Å². The van der Waals surface area contributed by atoms with Crippen molar-refractivity contribution >= 4 is 11.7 Å². The van der Waals surface area contributed by atoms with Gasteiger partial charge in [-0.3, -0.25) is 0 Å². The molecule has 1 aliphatic carbocycles. The molecule has 2 N–H and O–H groups in total. The van der Waals surface area contributed by atoms with Crippen LogP contribution < -0.4 is 10.6 Å². The molecule has 1 heterocycles. The number of aromatic nitrogens is 2. The number of alkyl halides is 3. The molecule has 1 aliphatic rings. The molecule has 8 heteroatoms. The minimum absolute atomic E-state index is 0.0539. The fourth-order valence-electron chi connectivity index (χ4n) is 3.08. The lowest BCUT2D eigenvalue weighted by Crippen LogP contribution is -2.31. The summed E-state index contributed by atoms with van der Waals surface area (Å²) in [4.78, 5) is 19.6. The molecule has 0 aliphatic heterocycles. The Labute approximate surface area is 149 Å². The number of nitrogens with zero attached hydrogens (tertiary/aromatic N) is 2. The van der Waals surface area contributed by atoms with Crippen LogP contribution in [0.3, 0.4) is 0 Å². The van der Waals surface area contributed by atoms with E-state index in [1.54, 1.807) is 0 Å². The van der Waals surface area contributed by atoms with Crippen molar-refractivity contribution in [3.05, 3.63) is 52.6 Å². The predicted molar refractivity (Wildman–Crippen MR) is 91.0 cm³/mol. The number of fused-ring (bicyclic) bond motifs is 1. The molecule has 0 fully saturated rings. The van der Waals surface area contributed by atoms with E-state index < -0.39 is 17.9 Å². The van der Waals surface area contributed by atoms with Gasteiger partial charge in [0.15, 0.2) is 0 Å². The zero-order valence-electron chi connectivity index (χ0n) is 14.3. The summed E-state index contributed by atoms with van der Waals surface area (Å²) in [7, 11) is 0.